The van der Waals surface area contributed by atoms with E-state index in [-0.39, 0.29) is 23.6 Å². The van der Waals surface area contributed by atoms with Crippen LogP contribution in [-0.2, 0) is 11.3 Å². The number of anilines is 1. The number of benzene rings is 3. The predicted molar refractivity (Wildman–Crippen MR) is 132 cm³/mol. The Labute approximate surface area is 200 Å². The first-order valence-electron chi connectivity index (χ1n) is 11.5. The second-order valence-corrected chi connectivity index (χ2v) is 8.93. The molecular weight excluding hydrogens is 431 g/mol. The maximum absolute atomic E-state index is 13.8. The van der Waals surface area contributed by atoms with Crippen LogP contribution >= 0.6 is 0 Å². The highest BCUT2D eigenvalue weighted by Gasteiger charge is 2.32. The molecule has 1 saturated heterocycles. The van der Waals surface area contributed by atoms with Crippen LogP contribution in [0.5, 0.6) is 11.5 Å². The van der Waals surface area contributed by atoms with Gasteiger partial charge in [0.05, 0.1) is 20.1 Å². The lowest BCUT2D eigenvalue weighted by molar-refractivity contribution is -0.121. The van der Waals surface area contributed by atoms with Crippen LogP contribution in [-0.4, -0.2) is 38.1 Å². The van der Waals surface area contributed by atoms with Gasteiger partial charge in [-0.2, -0.15) is 0 Å². The lowest BCUT2D eigenvalue weighted by atomic mass is 9.83. The first-order valence-corrected chi connectivity index (χ1v) is 11.5. The third-order valence-electron chi connectivity index (χ3n) is 6.36. The van der Waals surface area contributed by atoms with Crippen LogP contribution in [0.2, 0.25) is 0 Å². The number of hydrogen-bond acceptors (Lipinski definition) is 4. The minimum atomic E-state index is -0.243. The Hall–Kier alpha value is -3.38. The Bertz CT molecular complexity index is 1150. The minimum absolute atomic E-state index is 0.0335. The Morgan fingerprint density at radius 1 is 1.00 bits per heavy atom. The van der Waals surface area contributed by atoms with Crippen molar-refractivity contribution in [2.24, 2.45) is 5.92 Å². The van der Waals surface area contributed by atoms with E-state index in [1.807, 2.05) is 12.1 Å². The van der Waals surface area contributed by atoms with Gasteiger partial charge in [0.25, 0.3) is 0 Å². The topological polar surface area (TPSA) is 50.8 Å². The van der Waals surface area contributed by atoms with Gasteiger partial charge in [-0.15, -0.1) is 0 Å². The maximum atomic E-state index is 13.8. The molecule has 178 valence electrons. The van der Waals surface area contributed by atoms with E-state index < -0.39 is 0 Å². The van der Waals surface area contributed by atoms with Gasteiger partial charge in [-0.1, -0.05) is 42.0 Å². The summed E-state index contributed by atoms with van der Waals surface area (Å²) in [6.07, 6.45) is 0.752. The highest BCUT2D eigenvalue weighted by atomic mass is 19.1. The monoisotopic (exact) mass is 462 g/mol. The number of aryl methyl sites for hydroxylation is 1. The number of amides is 1. The van der Waals surface area contributed by atoms with E-state index in [4.69, 9.17) is 9.47 Å². The van der Waals surface area contributed by atoms with Gasteiger partial charge in [-0.25, -0.2) is 4.39 Å². The summed E-state index contributed by atoms with van der Waals surface area (Å²) in [7, 11) is 3.15. The molecule has 1 fully saturated rings. The number of carbonyl (C=O) groups excluding carboxylic acids is 1. The van der Waals surface area contributed by atoms with Crippen LogP contribution in [0.4, 0.5) is 10.1 Å². The van der Waals surface area contributed by atoms with E-state index in [1.54, 1.807) is 38.5 Å². The second-order valence-electron chi connectivity index (χ2n) is 8.93. The molecule has 5 nitrogen and oxygen atoms in total. The average Bonchev–Trinajstić information content (AvgIpc) is 2.83. The van der Waals surface area contributed by atoms with Crippen molar-refractivity contribution >= 4 is 11.6 Å². The number of piperidine rings is 1. The summed E-state index contributed by atoms with van der Waals surface area (Å²) in [6.45, 7) is 4.11. The van der Waals surface area contributed by atoms with Crippen molar-refractivity contribution in [1.82, 2.24) is 4.90 Å². The van der Waals surface area contributed by atoms with Gasteiger partial charge in [-0.05, 0) is 54.7 Å². The lowest BCUT2D eigenvalue weighted by Crippen LogP contribution is -2.43. The van der Waals surface area contributed by atoms with Crippen molar-refractivity contribution in [3.8, 4) is 11.5 Å². The zero-order valence-corrected chi connectivity index (χ0v) is 19.9. The van der Waals surface area contributed by atoms with E-state index in [2.05, 4.69) is 41.4 Å². The molecule has 0 aliphatic carbocycles. The van der Waals surface area contributed by atoms with Crippen molar-refractivity contribution in [2.75, 3.05) is 32.6 Å². The maximum Gasteiger partial charge on any atom is 0.228 e. The van der Waals surface area contributed by atoms with Gasteiger partial charge in [0.15, 0.2) is 11.5 Å². The summed E-state index contributed by atoms with van der Waals surface area (Å²) in [5.74, 6) is 0.902. The van der Waals surface area contributed by atoms with Crippen LogP contribution < -0.4 is 14.8 Å². The van der Waals surface area contributed by atoms with Crippen LogP contribution in [0.3, 0.4) is 0 Å². The Kier molecular flexibility index (Phi) is 7.48. The number of nitrogens with zero attached hydrogens (tertiary/aromatic N) is 1. The zero-order chi connectivity index (χ0) is 24.1. The van der Waals surface area contributed by atoms with Crippen molar-refractivity contribution in [3.05, 3.63) is 89.2 Å². The first-order chi connectivity index (χ1) is 16.4. The van der Waals surface area contributed by atoms with Crippen molar-refractivity contribution in [2.45, 2.75) is 25.8 Å². The number of hydrogen-bond donors (Lipinski definition) is 1. The van der Waals surface area contributed by atoms with Crippen LogP contribution in [0.25, 0.3) is 0 Å². The molecule has 0 spiro atoms. The number of halogens is 1. The van der Waals surface area contributed by atoms with Gasteiger partial charge < -0.3 is 14.8 Å². The fraction of sp³-hybridized carbons (Fsp3) is 0.321. The molecule has 1 heterocycles. The highest BCUT2D eigenvalue weighted by molar-refractivity contribution is 5.93. The molecule has 6 heteroatoms. The molecule has 2 atom stereocenters. The van der Waals surface area contributed by atoms with E-state index in [0.29, 0.717) is 30.3 Å². The standard InChI is InChI=1S/C28H31FN2O3/c1-19-6-4-8-21(12-19)22-14-23(18-31(17-22)16-20-7-5-9-24(29)13-20)28(32)30-25-10-11-26(33-2)27(15-25)34-3/h4-13,15,22-23H,14,16-18H2,1-3H3,(H,30,32)/t22-,23-/m0/s1. The van der Waals surface area contributed by atoms with Crippen LogP contribution in [0.15, 0.2) is 66.7 Å². The summed E-state index contributed by atoms with van der Waals surface area (Å²) >= 11 is 0. The summed E-state index contributed by atoms with van der Waals surface area (Å²) in [4.78, 5) is 15.6. The van der Waals surface area contributed by atoms with Gasteiger partial charge in [0.2, 0.25) is 5.91 Å². The van der Waals surface area contributed by atoms with Crippen molar-refractivity contribution < 1.29 is 18.7 Å². The number of carbonyl (C=O) groups is 1. The largest absolute Gasteiger partial charge is 0.493 e. The van der Waals surface area contributed by atoms with E-state index in [0.717, 1.165) is 18.5 Å². The van der Waals surface area contributed by atoms with Crippen molar-refractivity contribution in [1.29, 1.82) is 0 Å². The smallest absolute Gasteiger partial charge is 0.228 e. The average molecular weight is 463 g/mol. The Morgan fingerprint density at radius 2 is 1.79 bits per heavy atom. The number of likely N-dealkylation sites (tertiary alicyclic amines) is 1. The van der Waals surface area contributed by atoms with Gasteiger partial charge >= 0.3 is 0 Å². The number of nitrogens with one attached hydrogen (secondary N) is 1. The normalized spacial score (nSPS) is 18.4. The molecule has 0 unspecified atom stereocenters. The van der Waals surface area contributed by atoms with E-state index >= 15 is 0 Å². The summed E-state index contributed by atoms with van der Waals surface area (Å²) in [6, 6.07) is 20.5. The fourth-order valence-corrected chi connectivity index (χ4v) is 4.73. The number of rotatable bonds is 7. The van der Waals surface area contributed by atoms with Gasteiger partial charge in [0, 0.05) is 31.4 Å². The molecule has 3 aromatic rings. The molecule has 4 rings (SSSR count). The second kappa shape index (κ2) is 10.7. The van der Waals surface area contributed by atoms with Crippen LogP contribution in [0.1, 0.15) is 29.0 Å². The SMILES string of the molecule is COc1ccc(NC(=O)[C@H]2C[C@H](c3cccc(C)c3)CN(Cc3cccc(F)c3)C2)cc1OC. The third kappa shape index (κ3) is 5.75. The molecule has 0 radical (unpaired) electrons. The molecule has 0 bridgehead atoms. The summed E-state index contributed by atoms with van der Waals surface area (Å²) in [5, 5.41) is 3.05. The summed E-state index contributed by atoms with van der Waals surface area (Å²) < 4.78 is 24.4. The quantitative estimate of drug-likeness (QED) is 0.511. The molecule has 34 heavy (non-hydrogen) atoms. The highest BCUT2D eigenvalue weighted by Crippen LogP contribution is 2.34. The van der Waals surface area contributed by atoms with Gasteiger partial charge in [-0.3, -0.25) is 9.69 Å². The number of methoxy groups -OCH3 is 2. The predicted octanol–water partition coefficient (Wildman–Crippen LogP) is 5.40. The summed E-state index contributed by atoms with van der Waals surface area (Å²) in [5.41, 5.74) is 4.00. The molecule has 0 saturated carbocycles. The molecule has 0 aromatic heterocycles. The number of ether oxygens (including phenoxy) is 2. The fourth-order valence-electron chi connectivity index (χ4n) is 4.73. The Morgan fingerprint density at radius 3 is 2.53 bits per heavy atom. The molecule has 1 amide bonds. The molecule has 3 aromatic carbocycles. The minimum Gasteiger partial charge on any atom is -0.493 e. The Balaban J connectivity index is 1.55. The molecule has 1 aliphatic rings. The molecular formula is C28H31FN2O3. The van der Waals surface area contributed by atoms with Gasteiger partial charge in [0.1, 0.15) is 5.82 Å². The van der Waals surface area contributed by atoms with Crippen LogP contribution in [0, 0.1) is 18.7 Å². The van der Waals surface area contributed by atoms with E-state index in [1.165, 1.54) is 17.2 Å². The van der Waals surface area contributed by atoms with Crippen molar-refractivity contribution in [3.63, 3.8) is 0 Å². The third-order valence-corrected chi connectivity index (χ3v) is 6.36. The lowest BCUT2D eigenvalue weighted by Gasteiger charge is -2.37. The molecule has 1 aliphatic heterocycles. The zero-order valence-electron chi connectivity index (χ0n) is 19.9. The first kappa shape index (κ1) is 23.8. The van der Waals surface area contributed by atoms with E-state index in [9.17, 15) is 9.18 Å². The molecule has 1 N–H and O–H groups in total.